The molecule has 1 unspecified atom stereocenters. The maximum Gasteiger partial charge on any atom is 0.239 e. The molecular formula is C14H24N3O3. The van der Waals surface area contributed by atoms with Gasteiger partial charge >= 0.3 is 0 Å². The lowest BCUT2D eigenvalue weighted by Crippen LogP contribution is -2.48. The minimum absolute atomic E-state index is 0.00678. The van der Waals surface area contributed by atoms with Crippen LogP contribution in [0.5, 0.6) is 0 Å². The Bertz CT molecular complexity index is 371. The predicted molar refractivity (Wildman–Crippen MR) is 75.3 cm³/mol. The normalized spacial score (nSPS) is 18.9. The van der Waals surface area contributed by atoms with Gasteiger partial charge in [0, 0.05) is 19.6 Å². The first-order chi connectivity index (χ1) is 9.47. The summed E-state index contributed by atoms with van der Waals surface area (Å²) in [6.07, 6.45) is 3.53. The van der Waals surface area contributed by atoms with E-state index in [0.717, 1.165) is 25.7 Å². The van der Waals surface area contributed by atoms with Crippen molar-refractivity contribution in [3.63, 3.8) is 0 Å². The quantitative estimate of drug-likeness (QED) is 0.539. The van der Waals surface area contributed by atoms with Crippen LogP contribution in [0.2, 0.25) is 0 Å². The van der Waals surface area contributed by atoms with E-state index in [1.807, 2.05) is 0 Å². The molecule has 1 fully saturated rings. The fourth-order valence-electron chi connectivity index (χ4n) is 2.25. The monoisotopic (exact) mass is 282 g/mol. The number of nitrogens with two attached hydrogens (primary N) is 1. The number of hydrogen-bond acceptors (Lipinski definition) is 3. The molecule has 1 atom stereocenters. The van der Waals surface area contributed by atoms with Crippen LogP contribution in [0.1, 0.15) is 39.5 Å². The standard InChI is InChI=1S/C14H24N3O3/c1-3-4-7-16-13(19)11-6-5-8-17(9-11)14(20)10(2)12(15)18/h11H,3-9H2,1-2H3,(H2,15,18)(H,16,19). The Hall–Kier alpha value is -1.59. The lowest BCUT2D eigenvalue weighted by atomic mass is 9.95. The number of carbonyl (C=O) groups is 3. The van der Waals surface area contributed by atoms with Crippen LogP contribution in [0.25, 0.3) is 0 Å². The summed E-state index contributed by atoms with van der Waals surface area (Å²) >= 11 is 0. The molecular weight excluding hydrogens is 258 g/mol. The van der Waals surface area contributed by atoms with Gasteiger partial charge in [-0.2, -0.15) is 0 Å². The van der Waals surface area contributed by atoms with Gasteiger partial charge in [0.25, 0.3) is 0 Å². The van der Waals surface area contributed by atoms with Crippen LogP contribution in [0.4, 0.5) is 0 Å². The first-order valence-corrected chi connectivity index (χ1v) is 7.17. The third-order valence-corrected chi connectivity index (χ3v) is 3.60. The van der Waals surface area contributed by atoms with Gasteiger partial charge in [0.2, 0.25) is 17.7 Å². The molecule has 0 spiro atoms. The van der Waals surface area contributed by atoms with Crippen molar-refractivity contribution in [3.05, 3.63) is 5.92 Å². The van der Waals surface area contributed by atoms with E-state index in [1.54, 1.807) is 4.90 Å². The van der Waals surface area contributed by atoms with E-state index in [-0.39, 0.29) is 23.7 Å². The van der Waals surface area contributed by atoms with Crippen LogP contribution in [0, 0.1) is 11.8 Å². The summed E-state index contributed by atoms with van der Waals surface area (Å²) < 4.78 is 0. The van der Waals surface area contributed by atoms with Crippen LogP contribution in [-0.2, 0) is 14.4 Å². The van der Waals surface area contributed by atoms with Gasteiger partial charge in [-0.1, -0.05) is 13.3 Å². The molecule has 1 aliphatic heterocycles. The van der Waals surface area contributed by atoms with Crippen molar-refractivity contribution in [3.8, 4) is 0 Å². The third kappa shape index (κ3) is 4.51. The maximum atomic E-state index is 12.0. The molecule has 0 aliphatic carbocycles. The Labute approximate surface area is 120 Å². The van der Waals surface area contributed by atoms with Crippen LogP contribution < -0.4 is 11.1 Å². The van der Waals surface area contributed by atoms with Crippen molar-refractivity contribution in [2.24, 2.45) is 11.7 Å². The highest BCUT2D eigenvalue weighted by atomic mass is 16.2. The number of rotatable bonds is 6. The molecule has 1 radical (unpaired) electrons. The lowest BCUT2D eigenvalue weighted by Gasteiger charge is -2.33. The SMILES string of the molecule is CCCCNC(=O)C1CCCN(C(=O)[C](C)C(N)=O)C1. The van der Waals surface area contributed by atoms with E-state index in [4.69, 9.17) is 5.73 Å². The molecule has 1 aliphatic rings. The topological polar surface area (TPSA) is 92.5 Å². The predicted octanol–water partition coefficient (Wildman–Crippen LogP) is 0.221. The molecule has 6 nitrogen and oxygen atoms in total. The third-order valence-electron chi connectivity index (χ3n) is 3.60. The van der Waals surface area contributed by atoms with Crippen molar-refractivity contribution in [1.29, 1.82) is 0 Å². The van der Waals surface area contributed by atoms with Gasteiger partial charge in [-0.25, -0.2) is 0 Å². The van der Waals surface area contributed by atoms with Crippen molar-refractivity contribution in [2.45, 2.75) is 39.5 Å². The Morgan fingerprint density at radius 1 is 1.35 bits per heavy atom. The molecule has 0 aromatic rings. The number of nitrogens with zero attached hydrogens (tertiary/aromatic N) is 1. The fraction of sp³-hybridized carbons (Fsp3) is 0.714. The van der Waals surface area contributed by atoms with Gasteiger partial charge in [0.1, 0.15) is 5.92 Å². The zero-order valence-corrected chi connectivity index (χ0v) is 12.3. The van der Waals surface area contributed by atoms with Crippen molar-refractivity contribution in [1.82, 2.24) is 10.2 Å². The summed E-state index contributed by atoms with van der Waals surface area (Å²) in [5, 5.41) is 2.89. The summed E-state index contributed by atoms with van der Waals surface area (Å²) in [5.74, 6) is -1.23. The fourth-order valence-corrected chi connectivity index (χ4v) is 2.25. The molecule has 1 rings (SSSR count). The Morgan fingerprint density at radius 2 is 2.05 bits per heavy atom. The number of unbranched alkanes of at least 4 members (excludes halogenated alkanes) is 1. The van der Waals surface area contributed by atoms with Gasteiger partial charge in [0.15, 0.2) is 0 Å². The molecule has 0 aromatic heterocycles. The Morgan fingerprint density at radius 3 is 2.65 bits per heavy atom. The number of likely N-dealkylation sites (tertiary alicyclic amines) is 1. The van der Waals surface area contributed by atoms with Gasteiger partial charge in [0.05, 0.1) is 5.92 Å². The number of amides is 3. The van der Waals surface area contributed by atoms with E-state index in [9.17, 15) is 14.4 Å². The van der Waals surface area contributed by atoms with Crippen molar-refractivity contribution in [2.75, 3.05) is 19.6 Å². The molecule has 3 N–H and O–H groups in total. The minimum atomic E-state index is -0.704. The Kier molecular flexibility index (Phi) is 6.48. The molecule has 20 heavy (non-hydrogen) atoms. The van der Waals surface area contributed by atoms with Crippen molar-refractivity contribution < 1.29 is 14.4 Å². The molecule has 6 heteroatoms. The minimum Gasteiger partial charge on any atom is -0.369 e. The molecule has 0 saturated carbocycles. The highest BCUT2D eigenvalue weighted by molar-refractivity contribution is 6.13. The van der Waals surface area contributed by atoms with Crippen LogP contribution in [0.15, 0.2) is 0 Å². The average molecular weight is 282 g/mol. The molecule has 113 valence electrons. The number of carbonyl (C=O) groups excluding carboxylic acids is 3. The second kappa shape index (κ2) is 7.87. The van der Waals surface area contributed by atoms with Gasteiger partial charge in [-0.15, -0.1) is 0 Å². The number of primary amides is 1. The first-order valence-electron chi connectivity index (χ1n) is 7.17. The van der Waals surface area contributed by atoms with E-state index in [0.29, 0.717) is 19.6 Å². The highest BCUT2D eigenvalue weighted by Crippen LogP contribution is 2.19. The summed E-state index contributed by atoms with van der Waals surface area (Å²) in [7, 11) is 0. The zero-order chi connectivity index (χ0) is 15.1. The maximum absolute atomic E-state index is 12.0. The van der Waals surface area contributed by atoms with E-state index in [1.165, 1.54) is 6.92 Å². The van der Waals surface area contributed by atoms with Gasteiger partial charge in [-0.3, -0.25) is 14.4 Å². The molecule has 3 amide bonds. The van der Waals surface area contributed by atoms with Gasteiger partial charge in [-0.05, 0) is 26.2 Å². The number of nitrogens with one attached hydrogen (secondary N) is 1. The van der Waals surface area contributed by atoms with Crippen LogP contribution in [-0.4, -0.2) is 42.3 Å². The van der Waals surface area contributed by atoms with Crippen LogP contribution in [0.3, 0.4) is 0 Å². The second-order valence-electron chi connectivity index (χ2n) is 5.22. The molecule has 0 bridgehead atoms. The summed E-state index contributed by atoms with van der Waals surface area (Å²) in [5.41, 5.74) is 5.12. The largest absolute Gasteiger partial charge is 0.369 e. The van der Waals surface area contributed by atoms with Gasteiger partial charge < -0.3 is 16.0 Å². The highest BCUT2D eigenvalue weighted by Gasteiger charge is 2.32. The van der Waals surface area contributed by atoms with Crippen LogP contribution >= 0.6 is 0 Å². The second-order valence-corrected chi connectivity index (χ2v) is 5.22. The molecule has 0 aromatic carbocycles. The summed E-state index contributed by atoms with van der Waals surface area (Å²) in [6.45, 7) is 5.10. The molecule has 1 heterocycles. The van der Waals surface area contributed by atoms with E-state index < -0.39 is 5.91 Å². The molecule has 1 saturated heterocycles. The number of hydrogen-bond donors (Lipinski definition) is 2. The lowest BCUT2D eigenvalue weighted by molar-refractivity contribution is -0.135. The smallest absolute Gasteiger partial charge is 0.239 e. The first kappa shape index (κ1) is 16.5. The van der Waals surface area contributed by atoms with E-state index in [2.05, 4.69) is 12.2 Å². The average Bonchev–Trinajstić information content (AvgIpc) is 2.45. The van der Waals surface area contributed by atoms with E-state index >= 15 is 0 Å². The Balaban J connectivity index is 2.51. The summed E-state index contributed by atoms with van der Waals surface area (Å²) in [6, 6.07) is 0. The number of piperidine rings is 1. The zero-order valence-electron chi connectivity index (χ0n) is 12.3. The summed E-state index contributed by atoms with van der Waals surface area (Å²) in [4.78, 5) is 36.6. The van der Waals surface area contributed by atoms with Crippen molar-refractivity contribution >= 4 is 17.7 Å².